The highest BCUT2D eigenvalue weighted by molar-refractivity contribution is 5.49. The van der Waals surface area contributed by atoms with Crippen LogP contribution in [-0.4, -0.2) is 55.4 Å². The molecule has 2 rings (SSSR count). The van der Waals surface area contributed by atoms with Gasteiger partial charge in [0.2, 0.25) is 0 Å². The maximum Gasteiger partial charge on any atom is 0.125 e. The van der Waals surface area contributed by atoms with E-state index in [0.717, 1.165) is 37.4 Å². The van der Waals surface area contributed by atoms with E-state index in [-0.39, 0.29) is 5.82 Å². The van der Waals surface area contributed by atoms with Crippen LogP contribution >= 0.6 is 0 Å². The normalized spacial score (nSPS) is 17.3. The summed E-state index contributed by atoms with van der Waals surface area (Å²) in [4.78, 5) is 4.47. The lowest BCUT2D eigenvalue weighted by Gasteiger charge is -2.38. The Labute approximate surface area is 126 Å². The van der Waals surface area contributed by atoms with Crippen LogP contribution < -0.4 is 10.2 Å². The van der Waals surface area contributed by atoms with E-state index in [1.807, 2.05) is 27.0 Å². The van der Waals surface area contributed by atoms with Crippen molar-refractivity contribution in [1.82, 2.24) is 10.2 Å². The van der Waals surface area contributed by atoms with Gasteiger partial charge in [0.1, 0.15) is 5.82 Å². The number of benzene rings is 1. The molecule has 1 aliphatic rings. The minimum atomic E-state index is -0.666. The first-order chi connectivity index (χ1) is 9.87. The van der Waals surface area contributed by atoms with E-state index in [9.17, 15) is 9.50 Å². The average Bonchev–Trinajstić information content (AvgIpc) is 2.37. The largest absolute Gasteiger partial charge is 0.389 e. The molecular formula is C16H26FN3O. The minimum absolute atomic E-state index is 0.184. The van der Waals surface area contributed by atoms with Crippen LogP contribution in [0.5, 0.6) is 0 Å². The summed E-state index contributed by atoms with van der Waals surface area (Å²) in [6, 6.07) is 5.22. The van der Waals surface area contributed by atoms with E-state index < -0.39 is 5.60 Å². The fraction of sp³-hybridized carbons (Fsp3) is 0.625. The number of nitrogens with one attached hydrogen (secondary N) is 1. The topological polar surface area (TPSA) is 38.7 Å². The summed E-state index contributed by atoms with van der Waals surface area (Å²) < 4.78 is 13.7. The Morgan fingerprint density at radius 2 is 1.86 bits per heavy atom. The zero-order valence-corrected chi connectivity index (χ0v) is 13.2. The van der Waals surface area contributed by atoms with Crippen molar-refractivity contribution >= 4 is 5.69 Å². The predicted molar refractivity (Wildman–Crippen MR) is 84.1 cm³/mol. The van der Waals surface area contributed by atoms with Crippen molar-refractivity contribution in [3.63, 3.8) is 0 Å². The van der Waals surface area contributed by atoms with Crippen molar-refractivity contribution in [2.45, 2.75) is 26.0 Å². The van der Waals surface area contributed by atoms with Crippen LogP contribution in [-0.2, 0) is 6.54 Å². The summed E-state index contributed by atoms with van der Waals surface area (Å²) in [7, 11) is 1.86. The second kappa shape index (κ2) is 6.73. The molecule has 0 aliphatic carbocycles. The Morgan fingerprint density at radius 1 is 1.19 bits per heavy atom. The van der Waals surface area contributed by atoms with Gasteiger partial charge in [0.15, 0.2) is 0 Å². The van der Waals surface area contributed by atoms with Gasteiger partial charge in [0, 0.05) is 45.0 Å². The van der Waals surface area contributed by atoms with Gasteiger partial charge in [0.25, 0.3) is 0 Å². The van der Waals surface area contributed by atoms with Crippen LogP contribution in [0.25, 0.3) is 0 Å². The number of β-amino-alcohol motifs (C(OH)–C–C–N with tert-alkyl or cyclic N) is 1. The first kappa shape index (κ1) is 16.2. The van der Waals surface area contributed by atoms with Crippen LogP contribution in [0.3, 0.4) is 0 Å². The number of aliphatic hydroxyl groups is 1. The van der Waals surface area contributed by atoms with Gasteiger partial charge in [-0.25, -0.2) is 4.39 Å². The third kappa shape index (κ3) is 4.95. The molecule has 0 atom stereocenters. The molecule has 0 aromatic heterocycles. The molecule has 1 aliphatic heterocycles. The number of rotatable bonds is 5. The molecule has 5 heteroatoms. The highest BCUT2D eigenvalue weighted by Crippen LogP contribution is 2.21. The molecule has 1 saturated heterocycles. The third-order valence-corrected chi connectivity index (χ3v) is 3.67. The molecular weight excluding hydrogens is 269 g/mol. The first-order valence-electron chi connectivity index (χ1n) is 7.51. The molecule has 0 spiro atoms. The SMILES string of the molecule is CNCc1cc(F)cc(N2CCN(CC(C)(C)O)CC2)c1. The Kier molecular flexibility index (Phi) is 5.19. The van der Waals surface area contributed by atoms with Crippen LogP contribution in [0.15, 0.2) is 18.2 Å². The summed E-state index contributed by atoms with van der Waals surface area (Å²) >= 11 is 0. The molecule has 0 saturated carbocycles. The third-order valence-electron chi connectivity index (χ3n) is 3.67. The number of piperazine rings is 1. The Hall–Kier alpha value is -1.17. The standard InChI is InChI=1S/C16H26FN3O/c1-16(2,21)12-19-4-6-20(7-5-19)15-9-13(11-18-3)8-14(17)10-15/h8-10,18,21H,4-7,11-12H2,1-3H3. The fourth-order valence-electron chi connectivity index (χ4n) is 2.83. The molecule has 0 bridgehead atoms. The second-order valence-corrected chi connectivity index (χ2v) is 6.42. The van der Waals surface area contributed by atoms with Crippen LogP contribution in [0, 0.1) is 5.82 Å². The maximum atomic E-state index is 13.7. The van der Waals surface area contributed by atoms with Gasteiger partial charge in [-0.1, -0.05) is 0 Å². The number of hydrogen-bond acceptors (Lipinski definition) is 4. The van der Waals surface area contributed by atoms with Gasteiger partial charge >= 0.3 is 0 Å². The van der Waals surface area contributed by atoms with Crippen molar-refractivity contribution in [3.8, 4) is 0 Å². The lowest BCUT2D eigenvalue weighted by atomic mass is 10.1. The maximum absolute atomic E-state index is 13.7. The van der Waals surface area contributed by atoms with Crippen molar-refractivity contribution in [2.75, 3.05) is 44.7 Å². The lowest BCUT2D eigenvalue weighted by Crippen LogP contribution is -2.50. The highest BCUT2D eigenvalue weighted by Gasteiger charge is 2.23. The molecule has 2 N–H and O–H groups in total. The number of hydrogen-bond donors (Lipinski definition) is 2. The molecule has 0 unspecified atom stereocenters. The molecule has 4 nitrogen and oxygen atoms in total. The van der Waals surface area contributed by atoms with E-state index in [1.54, 1.807) is 12.1 Å². The van der Waals surface area contributed by atoms with Crippen molar-refractivity contribution in [1.29, 1.82) is 0 Å². The summed E-state index contributed by atoms with van der Waals surface area (Å²) in [5.74, 6) is -0.184. The van der Waals surface area contributed by atoms with Gasteiger partial charge in [-0.2, -0.15) is 0 Å². The van der Waals surface area contributed by atoms with E-state index in [0.29, 0.717) is 13.1 Å². The lowest BCUT2D eigenvalue weighted by molar-refractivity contribution is 0.0345. The Bertz CT molecular complexity index is 465. The van der Waals surface area contributed by atoms with Crippen LogP contribution in [0.4, 0.5) is 10.1 Å². The molecule has 1 heterocycles. The minimum Gasteiger partial charge on any atom is -0.389 e. The van der Waals surface area contributed by atoms with E-state index in [4.69, 9.17) is 0 Å². The molecule has 1 aromatic carbocycles. The van der Waals surface area contributed by atoms with Crippen LogP contribution in [0.1, 0.15) is 19.4 Å². The van der Waals surface area contributed by atoms with E-state index in [2.05, 4.69) is 15.1 Å². The molecule has 0 amide bonds. The van der Waals surface area contributed by atoms with Crippen molar-refractivity contribution in [3.05, 3.63) is 29.6 Å². The summed E-state index contributed by atoms with van der Waals surface area (Å²) in [5.41, 5.74) is 1.25. The van der Waals surface area contributed by atoms with E-state index >= 15 is 0 Å². The van der Waals surface area contributed by atoms with Gasteiger partial charge in [-0.15, -0.1) is 0 Å². The Morgan fingerprint density at radius 3 is 2.43 bits per heavy atom. The Balaban J connectivity index is 1.98. The van der Waals surface area contributed by atoms with Gasteiger partial charge in [-0.3, -0.25) is 4.90 Å². The highest BCUT2D eigenvalue weighted by atomic mass is 19.1. The predicted octanol–water partition coefficient (Wildman–Crippen LogP) is 1.44. The average molecular weight is 295 g/mol. The second-order valence-electron chi connectivity index (χ2n) is 6.42. The summed E-state index contributed by atoms with van der Waals surface area (Å²) in [6.45, 7) is 8.51. The number of anilines is 1. The zero-order valence-electron chi connectivity index (χ0n) is 13.2. The van der Waals surface area contributed by atoms with Crippen molar-refractivity contribution < 1.29 is 9.50 Å². The molecule has 1 fully saturated rings. The smallest absolute Gasteiger partial charge is 0.125 e. The first-order valence-corrected chi connectivity index (χ1v) is 7.51. The number of nitrogens with zero attached hydrogens (tertiary/aromatic N) is 2. The zero-order chi connectivity index (χ0) is 15.5. The van der Waals surface area contributed by atoms with Crippen LogP contribution in [0.2, 0.25) is 0 Å². The van der Waals surface area contributed by atoms with Gasteiger partial charge < -0.3 is 15.3 Å². The van der Waals surface area contributed by atoms with Gasteiger partial charge in [-0.05, 0) is 44.7 Å². The van der Waals surface area contributed by atoms with E-state index in [1.165, 1.54) is 0 Å². The molecule has 0 radical (unpaired) electrons. The monoisotopic (exact) mass is 295 g/mol. The summed E-state index contributed by atoms with van der Waals surface area (Å²) in [6.07, 6.45) is 0. The summed E-state index contributed by atoms with van der Waals surface area (Å²) in [5, 5.41) is 12.9. The quantitative estimate of drug-likeness (QED) is 0.862. The van der Waals surface area contributed by atoms with Gasteiger partial charge in [0.05, 0.1) is 5.60 Å². The molecule has 21 heavy (non-hydrogen) atoms. The fourth-order valence-corrected chi connectivity index (χ4v) is 2.83. The molecule has 1 aromatic rings. The molecule has 118 valence electrons. The van der Waals surface area contributed by atoms with Crippen molar-refractivity contribution in [2.24, 2.45) is 0 Å². The number of halogens is 1.